The summed E-state index contributed by atoms with van der Waals surface area (Å²) < 4.78 is 37.8. The van der Waals surface area contributed by atoms with Gasteiger partial charge in [-0.3, -0.25) is 4.90 Å². The van der Waals surface area contributed by atoms with Gasteiger partial charge < -0.3 is 5.32 Å². The van der Waals surface area contributed by atoms with Gasteiger partial charge in [-0.15, -0.1) is 0 Å². The molecule has 18 heavy (non-hydrogen) atoms. The molecule has 0 heterocycles. The number of nitrogens with one attached hydrogen (secondary N) is 1. The molecule has 0 spiro atoms. The van der Waals surface area contributed by atoms with Crippen molar-refractivity contribution in [3.05, 3.63) is 0 Å². The maximum atomic E-state index is 12.6. The first-order chi connectivity index (χ1) is 7.84. The molecule has 0 aliphatic carbocycles. The standard InChI is InChI=1S/C9H19F3N2.C4H10/c1-8(2,3)14(5)7(6-13-4)9(10,11)12;1-4(2)3/h7,13H,6H2,1-5H3;4H,1-3H3. The van der Waals surface area contributed by atoms with Crippen molar-refractivity contribution in [2.45, 2.75) is 59.3 Å². The van der Waals surface area contributed by atoms with Crippen LogP contribution in [-0.2, 0) is 0 Å². The molecule has 0 fully saturated rings. The van der Waals surface area contributed by atoms with Crippen LogP contribution in [0.2, 0.25) is 0 Å². The van der Waals surface area contributed by atoms with Crippen LogP contribution in [0.15, 0.2) is 0 Å². The molecule has 0 aromatic rings. The van der Waals surface area contributed by atoms with Crippen LogP contribution in [0.1, 0.15) is 41.5 Å². The first-order valence-electron chi connectivity index (χ1n) is 6.28. The zero-order chi connectivity index (χ0) is 15.1. The van der Waals surface area contributed by atoms with Gasteiger partial charge in [0.25, 0.3) is 0 Å². The monoisotopic (exact) mass is 270 g/mol. The van der Waals surface area contributed by atoms with Crippen LogP contribution in [-0.4, -0.2) is 43.3 Å². The minimum absolute atomic E-state index is 0.0860. The molecule has 0 saturated carbocycles. The Hall–Kier alpha value is -0.290. The molecular formula is C13H29F3N2. The summed E-state index contributed by atoms with van der Waals surface area (Å²) in [6, 6.07) is -1.44. The Morgan fingerprint density at radius 3 is 1.56 bits per heavy atom. The fourth-order valence-electron chi connectivity index (χ4n) is 1.13. The zero-order valence-electron chi connectivity index (χ0n) is 12.9. The largest absolute Gasteiger partial charge is 0.405 e. The van der Waals surface area contributed by atoms with E-state index in [-0.39, 0.29) is 6.54 Å². The molecule has 0 aromatic heterocycles. The Bertz CT molecular complexity index is 205. The zero-order valence-corrected chi connectivity index (χ0v) is 12.9. The fraction of sp³-hybridized carbons (Fsp3) is 1.00. The van der Waals surface area contributed by atoms with Crippen LogP contribution in [0.4, 0.5) is 13.2 Å². The fourth-order valence-corrected chi connectivity index (χ4v) is 1.13. The van der Waals surface area contributed by atoms with Gasteiger partial charge in [-0.25, -0.2) is 0 Å². The predicted octanol–water partition coefficient (Wildman–Crippen LogP) is 3.53. The van der Waals surface area contributed by atoms with E-state index >= 15 is 0 Å². The summed E-state index contributed by atoms with van der Waals surface area (Å²) in [5.74, 6) is 0.833. The minimum Gasteiger partial charge on any atom is -0.318 e. The van der Waals surface area contributed by atoms with Crippen molar-refractivity contribution in [2.24, 2.45) is 5.92 Å². The van der Waals surface area contributed by atoms with Crippen molar-refractivity contribution >= 4 is 0 Å². The molecule has 0 bridgehead atoms. The molecule has 5 heteroatoms. The number of nitrogens with zero attached hydrogens (tertiary/aromatic N) is 1. The van der Waals surface area contributed by atoms with Crippen molar-refractivity contribution < 1.29 is 13.2 Å². The molecule has 0 aromatic carbocycles. The molecule has 2 nitrogen and oxygen atoms in total. The minimum atomic E-state index is -4.19. The molecule has 1 atom stereocenters. The van der Waals surface area contributed by atoms with Gasteiger partial charge in [-0.1, -0.05) is 20.8 Å². The lowest BCUT2D eigenvalue weighted by Crippen LogP contribution is -2.55. The van der Waals surface area contributed by atoms with Crippen LogP contribution in [0.25, 0.3) is 0 Å². The Morgan fingerprint density at radius 2 is 1.39 bits per heavy atom. The molecule has 0 aliphatic heterocycles. The van der Waals surface area contributed by atoms with Gasteiger partial charge in [-0.2, -0.15) is 13.2 Å². The molecule has 112 valence electrons. The van der Waals surface area contributed by atoms with Crippen LogP contribution in [0.3, 0.4) is 0 Å². The quantitative estimate of drug-likeness (QED) is 0.844. The van der Waals surface area contributed by atoms with E-state index in [0.717, 1.165) is 5.92 Å². The Kier molecular flexibility index (Phi) is 8.90. The van der Waals surface area contributed by atoms with Gasteiger partial charge >= 0.3 is 6.18 Å². The molecule has 1 N–H and O–H groups in total. The SMILES string of the molecule is CC(C)C.CNCC(N(C)C(C)(C)C)C(F)(F)F. The summed E-state index contributed by atoms with van der Waals surface area (Å²) in [6.07, 6.45) is -4.19. The second-order valence-corrected chi connectivity index (χ2v) is 6.13. The molecule has 0 radical (unpaired) electrons. The molecule has 0 saturated heterocycles. The van der Waals surface area contributed by atoms with Crippen LogP contribution in [0, 0.1) is 5.92 Å². The summed E-state index contributed by atoms with van der Waals surface area (Å²) in [6.45, 7) is 11.7. The summed E-state index contributed by atoms with van der Waals surface area (Å²) in [5.41, 5.74) is -0.489. The third-order valence-electron chi connectivity index (χ3n) is 2.30. The van der Waals surface area contributed by atoms with Crippen LogP contribution < -0.4 is 5.32 Å². The van der Waals surface area contributed by atoms with E-state index in [4.69, 9.17) is 0 Å². The van der Waals surface area contributed by atoms with E-state index in [1.54, 1.807) is 20.8 Å². The van der Waals surface area contributed by atoms with Crippen molar-refractivity contribution in [1.82, 2.24) is 10.2 Å². The van der Waals surface area contributed by atoms with Gasteiger partial charge in [0.05, 0.1) is 0 Å². The van der Waals surface area contributed by atoms with E-state index in [1.165, 1.54) is 19.0 Å². The van der Waals surface area contributed by atoms with E-state index in [2.05, 4.69) is 26.1 Å². The second kappa shape index (κ2) is 8.00. The van der Waals surface area contributed by atoms with Crippen LogP contribution in [0.5, 0.6) is 0 Å². The Labute approximate surface area is 110 Å². The topological polar surface area (TPSA) is 15.3 Å². The normalized spacial score (nSPS) is 14.5. The number of likely N-dealkylation sites (N-methyl/N-ethyl adjacent to an activating group) is 2. The van der Waals surface area contributed by atoms with Gasteiger partial charge in [0.15, 0.2) is 0 Å². The lowest BCUT2D eigenvalue weighted by molar-refractivity contribution is -0.189. The second-order valence-electron chi connectivity index (χ2n) is 6.13. The first-order valence-corrected chi connectivity index (χ1v) is 6.28. The summed E-state index contributed by atoms with van der Waals surface area (Å²) in [7, 11) is 3.02. The molecule has 0 aliphatic rings. The first kappa shape index (κ1) is 20.0. The van der Waals surface area contributed by atoms with Gasteiger partial charge in [0.1, 0.15) is 6.04 Å². The number of hydrogen-bond donors (Lipinski definition) is 1. The highest BCUT2D eigenvalue weighted by Gasteiger charge is 2.44. The lowest BCUT2D eigenvalue weighted by Gasteiger charge is -2.39. The Morgan fingerprint density at radius 1 is 1.06 bits per heavy atom. The maximum absolute atomic E-state index is 12.6. The number of alkyl halides is 3. The van der Waals surface area contributed by atoms with E-state index in [0.29, 0.717) is 0 Å². The van der Waals surface area contributed by atoms with Crippen molar-refractivity contribution in [3.8, 4) is 0 Å². The van der Waals surface area contributed by atoms with E-state index in [1.807, 2.05) is 0 Å². The molecule has 0 rings (SSSR count). The highest BCUT2D eigenvalue weighted by Crippen LogP contribution is 2.27. The number of rotatable bonds is 3. The van der Waals surface area contributed by atoms with Crippen molar-refractivity contribution in [3.63, 3.8) is 0 Å². The smallest absolute Gasteiger partial charge is 0.318 e. The maximum Gasteiger partial charge on any atom is 0.405 e. The lowest BCUT2D eigenvalue weighted by atomic mass is 10.0. The van der Waals surface area contributed by atoms with Gasteiger partial charge in [0, 0.05) is 12.1 Å². The number of halogens is 3. The average Bonchev–Trinajstić information content (AvgIpc) is 2.08. The van der Waals surface area contributed by atoms with E-state index < -0.39 is 17.8 Å². The third-order valence-corrected chi connectivity index (χ3v) is 2.30. The van der Waals surface area contributed by atoms with E-state index in [9.17, 15) is 13.2 Å². The van der Waals surface area contributed by atoms with Gasteiger partial charge in [0.2, 0.25) is 0 Å². The Balaban J connectivity index is 0. The van der Waals surface area contributed by atoms with Crippen molar-refractivity contribution in [2.75, 3.05) is 20.6 Å². The van der Waals surface area contributed by atoms with Crippen LogP contribution >= 0.6 is 0 Å². The summed E-state index contributed by atoms with van der Waals surface area (Å²) in [5, 5.41) is 2.57. The number of hydrogen-bond acceptors (Lipinski definition) is 2. The van der Waals surface area contributed by atoms with Crippen molar-refractivity contribution in [1.29, 1.82) is 0 Å². The summed E-state index contributed by atoms with van der Waals surface area (Å²) >= 11 is 0. The highest BCUT2D eigenvalue weighted by molar-refractivity contribution is 4.86. The highest BCUT2D eigenvalue weighted by atomic mass is 19.4. The third kappa shape index (κ3) is 9.71. The average molecular weight is 270 g/mol. The summed E-state index contributed by atoms with van der Waals surface area (Å²) in [4.78, 5) is 1.34. The molecule has 1 unspecified atom stereocenters. The molecule has 0 amide bonds. The van der Waals surface area contributed by atoms with Gasteiger partial charge in [-0.05, 0) is 40.8 Å². The molecular weight excluding hydrogens is 241 g/mol. The predicted molar refractivity (Wildman–Crippen MR) is 71.8 cm³/mol.